The normalized spacial score (nSPS) is 14.1. The molecule has 0 amide bonds. The molecule has 0 spiro atoms. The van der Waals surface area contributed by atoms with Crippen LogP contribution in [0, 0.1) is 0 Å². The number of hydrogen-bond acceptors (Lipinski definition) is 2. The first-order valence-corrected chi connectivity index (χ1v) is 13.0. The molecule has 3 heteroatoms. The fraction of sp³-hybridized carbons (Fsp3) is 0. The molecule has 0 atom stereocenters. The van der Waals surface area contributed by atoms with Gasteiger partial charge in [0.2, 0.25) is 9.84 Å². The number of sulfone groups is 1. The second-order valence-electron chi connectivity index (χ2n) is 8.60. The zero-order valence-corrected chi connectivity index (χ0v) is 19.7. The van der Waals surface area contributed by atoms with Crippen LogP contribution in [0.3, 0.4) is 0 Å². The van der Waals surface area contributed by atoms with Gasteiger partial charge >= 0.3 is 0 Å². The van der Waals surface area contributed by atoms with Crippen LogP contribution >= 0.6 is 0 Å². The minimum Gasteiger partial charge on any atom is -0.218 e. The Morgan fingerprint density at radius 3 is 1.49 bits per heavy atom. The highest BCUT2D eigenvalue weighted by Crippen LogP contribution is 2.48. The summed E-state index contributed by atoms with van der Waals surface area (Å²) in [6.45, 7) is 0. The Kier molecular flexibility index (Phi) is 5.20. The highest BCUT2D eigenvalue weighted by atomic mass is 32.2. The molecule has 5 aromatic rings. The maximum absolute atomic E-state index is 13.9. The molecule has 0 aliphatic carbocycles. The van der Waals surface area contributed by atoms with Crippen LogP contribution in [0.2, 0.25) is 0 Å². The van der Waals surface area contributed by atoms with E-state index in [1.54, 1.807) is 12.1 Å². The molecule has 1 aliphatic heterocycles. The molecule has 0 radical (unpaired) electrons. The zero-order chi connectivity index (χ0) is 23.8. The van der Waals surface area contributed by atoms with Gasteiger partial charge in [0, 0.05) is 11.1 Å². The number of benzene rings is 5. The molecule has 2 nitrogen and oxygen atoms in total. The quantitative estimate of drug-likeness (QED) is 0.269. The van der Waals surface area contributed by atoms with Crippen LogP contribution in [-0.2, 0) is 9.84 Å². The monoisotopic (exact) mass is 470 g/mol. The molecule has 5 aromatic carbocycles. The van der Waals surface area contributed by atoms with Gasteiger partial charge in [-0.3, -0.25) is 0 Å². The SMILES string of the molecule is O=S1(=O)C(c2cccc(-c3ccccc3)c2)=C(c2cccc(-c3ccccc3)c2)c2ccccc21. The van der Waals surface area contributed by atoms with E-state index in [1.807, 2.05) is 97.1 Å². The number of fused-ring (bicyclic) bond motifs is 1. The molecule has 6 rings (SSSR count). The lowest BCUT2D eigenvalue weighted by atomic mass is 9.92. The second kappa shape index (κ2) is 8.53. The minimum absolute atomic E-state index is 0.361. The summed E-state index contributed by atoms with van der Waals surface area (Å²) in [6, 6.07) is 43.5. The summed E-state index contributed by atoms with van der Waals surface area (Å²) in [5, 5.41) is 0. The van der Waals surface area contributed by atoms with Crippen LogP contribution < -0.4 is 0 Å². The number of hydrogen-bond donors (Lipinski definition) is 0. The van der Waals surface area contributed by atoms with Crippen LogP contribution in [0.4, 0.5) is 0 Å². The summed E-state index contributed by atoms with van der Waals surface area (Å²) >= 11 is 0. The van der Waals surface area contributed by atoms with Crippen LogP contribution in [0.15, 0.2) is 138 Å². The van der Waals surface area contributed by atoms with Gasteiger partial charge in [0.05, 0.1) is 9.80 Å². The molecule has 0 bridgehead atoms. The summed E-state index contributed by atoms with van der Waals surface area (Å²) < 4.78 is 27.8. The Balaban J connectivity index is 1.61. The highest BCUT2D eigenvalue weighted by Gasteiger charge is 2.37. The Morgan fingerprint density at radius 2 is 0.857 bits per heavy atom. The molecule has 0 fully saturated rings. The Hall–Kier alpha value is -4.21. The van der Waals surface area contributed by atoms with Crippen molar-refractivity contribution in [3.05, 3.63) is 150 Å². The Morgan fingerprint density at radius 1 is 0.400 bits per heavy atom. The van der Waals surface area contributed by atoms with Crippen LogP contribution in [-0.4, -0.2) is 8.42 Å². The molecule has 35 heavy (non-hydrogen) atoms. The van der Waals surface area contributed by atoms with Gasteiger partial charge in [-0.05, 0) is 51.6 Å². The van der Waals surface area contributed by atoms with Gasteiger partial charge in [-0.15, -0.1) is 0 Å². The average molecular weight is 471 g/mol. The van der Waals surface area contributed by atoms with Crippen molar-refractivity contribution in [3.63, 3.8) is 0 Å². The average Bonchev–Trinajstić information content (AvgIpc) is 3.17. The predicted octanol–water partition coefficient (Wildman–Crippen LogP) is 7.72. The van der Waals surface area contributed by atoms with Gasteiger partial charge in [0.1, 0.15) is 0 Å². The summed E-state index contributed by atoms with van der Waals surface area (Å²) in [5.41, 5.74) is 7.27. The maximum atomic E-state index is 13.9. The van der Waals surface area contributed by atoms with Crippen molar-refractivity contribution in [1.29, 1.82) is 0 Å². The zero-order valence-electron chi connectivity index (χ0n) is 18.9. The lowest BCUT2D eigenvalue weighted by Crippen LogP contribution is -2.00. The van der Waals surface area contributed by atoms with E-state index in [2.05, 4.69) is 24.3 Å². The molecule has 0 aromatic heterocycles. The molecule has 0 N–H and O–H groups in total. The topological polar surface area (TPSA) is 34.1 Å². The van der Waals surface area contributed by atoms with Gasteiger partial charge in [0.15, 0.2) is 0 Å². The van der Waals surface area contributed by atoms with E-state index in [-0.39, 0.29) is 0 Å². The first-order chi connectivity index (χ1) is 17.1. The van der Waals surface area contributed by atoms with Crippen molar-refractivity contribution in [2.24, 2.45) is 0 Å². The van der Waals surface area contributed by atoms with E-state index in [9.17, 15) is 8.42 Å². The summed E-state index contributed by atoms with van der Waals surface area (Å²) in [6.07, 6.45) is 0. The van der Waals surface area contributed by atoms with Crippen LogP contribution in [0.25, 0.3) is 32.7 Å². The lowest BCUT2D eigenvalue weighted by molar-refractivity contribution is 0.606. The van der Waals surface area contributed by atoms with E-state index in [1.165, 1.54) is 0 Å². The molecular weight excluding hydrogens is 448 g/mol. The van der Waals surface area contributed by atoms with E-state index >= 15 is 0 Å². The first kappa shape index (κ1) is 21.3. The first-order valence-electron chi connectivity index (χ1n) is 11.5. The van der Waals surface area contributed by atoms with Gasteiger partial charge < -0.3 is 0 Å². The van der Waals surface area contributed by atoms with E-state index < -0.39 is 9.84 Å². The van der Waals surface area contributed by atoms with E-state index in [0.717, 1.165) is 39.0 Å². The third kappa shape index (κ3) is 3.71. The van der Waals surface area contributed by atoms with Crippen molar-refractivity contribution in [1.82, 2.24) is 0 Å². The summed E-state index contributed by atoms with van der Waals surface area (Å²) in [4.78, 5) is 0.724. The summed E-state index contributed by atoms with van der Waals surface area (Å²) in [7, 11) is -3.69. The van der Waals surface area contributed by atoms with Crippen molar-refractivity contribution in [2.45, 2.75) is 4.90 Å². The molecule has 1 aliphatic rings. The fourth-order valence-corrected chi connectivity index (χ4v) is 6.69. The molecule has 1 heterocycles. The molecule has 168 valence electrons. The maximum Gasteiger partial charge on any atom is 0.208 e. The standard InChI is InChI=1S/C32H22O2S/c33-35(34)30-20-8-7-19-29(30)31(27-17-9-15-25(21-27)23-11-3-1-4-12-23)32(35)28-18-10-16-26(22-28)24-13-5-2-6-14-24/h1-22H. The molecule has 0 saturated carbocycles. The second-order valence-corrected chi connectivity index (χ2v) is 10.5. The van der Waals surface area contributed by atoms with Gasteiger partial charge in [0.25, 0.3) is 0 Å². The van der Waals surface area contributed by atoms with Gasteiger partial charge in [-0.2, -0.15) is 0 Å². The number of rotatable bonds is 4. The van der Waals surface area contributed by atoms with Crippen molar-refractivity contribution < 1.29 is 8.42 Å². The fourth-order valence-electron chi connectivity index (χ4n) is 4.82. The third-order valence-corrected chi connectivity index (χ3v) is 8.34. The lowest BCUT2D eigenvalue weighted by Gasteiger charge is -2.12. The van der Waals surface area contributed by atoms with Crippen molar-refractivity contribution in [2.75, 3.05) is 0 Å². The van der Waals surface area contributed by atoms with Crippen molar-refractivity contribution >= 4 is 20.3 Å². The predicted molar refractivity (Wildman–Crippen MR) is 143 cm³/mol. The van der Waals surface area contributed by atoms with E-state index in [4.69, 9.17) is 0 Å². The minimum atomic E-state index is -3.69. The van der Waals surface area contributed by atoms with Crippen LogP contribution in [0.5, 0.6) is 0 Å². The van der Waals surface area contributed by atoms with Gasteiger partial charge in [-0.25, -0.2) is 8.42 Å². The molecular formula is C32H22O2S. The van der Waals surface area contributed by atoms with E-state index in [0.29, 0.717) is 15.4 Å². The largest absolute Gasteiger partial charge is 0.218 e. The van der Waals surface area contributed by atoms with Gasteiger partial charge in [-0.1, -0.05) is 115 Å². The Labute approximate surface area is 205 Å². The molecule has 0 unspecified atom stereocenters. The Bertz CT molecular complexity index is 1680. The molecule has 0 saturated heterocycles. The van der Waals surface area contributed by atoms with Crippen molar-refractivity contribution in [3.8, 4) is 22.3 Å². The summed E-state index contributed by atoms with van der Waals surface area (Å²) in [5.74, 6) is 0. The van der Waals surface area contributed by atoms with Crippen LogP contribution in [0.1, 0.15) is 16.7 Å². The smallest absolute Gasteiger partial charge is 0.208 e. The highest BCUT2D eigenvalue weighted by molar-refractivity contribution is 8.01. The third-order valence-electron chi connectivity index (χ3n) is 6.43.